The monoisotopic (exact) mass is 314 g/mol. The Bertz CT molecular complexity index is 717. The number of pyridine rings is 1. The number of rotatable bonds is 4. The molecule has 0 amide bonds. The van der Waals surface area contributed by atoms with Crippen LogP contribution in [0.4, 0.5) is 10.1 Å². The second-order valence-electron chi connectivity index (χ2n) is 6.95. The normalized spacial score (nSPS) is 27.1. The fraction of sp³-hybridized carbons (Fsp3) is 0.529. The minimum Gasteiger partial charge on any atom is -0.368 e. The van der Waals surface area contributed by atoms with Crippen LogP contribution in [0, 0.1) is 5.95 Å². The lowest BCUT2D eigenvalue weighted by atomic mass is 9.87. The van der Waals surface area contributed by atoms with E-state index in [9.17, 15) is 4.39 Å². The van der Waals surface area contributed by atoms with E-state index in [1.807, 2.05) is 6.07 Å². The van der Waals surface area contributed by atoms with Crippen molar-refractivity contribution >= 4 is 5.69 Å². The quantitative estimate of drug-likeness (QED) is 0.812. The van der Waals surface area contributed by atoms with Crippen molar-refractivity contribution in [3.63, 3.8) is 0 Å². The number of piperidine rings is 1. The van der Waals surface area contributed by atoms with Gasteiger partial charge < -0.3 is 9.42 Å². The highest BCUT2D eigenvalue weighted by molar-refractivity contribution is 5.47. The molecule has 1 aliphatic carbocycles. The zero-order valence-electron chi connectivity index (χ0n) is 12.9. The Hall–Kier alpha value is -1.95. The van der Waals surface area contributed by atoms with Crippen LogP contribution in [0.15, 0.2) is 28.9 Å². The first-order valence-electron chi connectivity index (χ1n) is 8.34. The van der Waals surface area contributed by atoms with Crippen molar-refractivity contribution in [1.82, 2.24) is 15.0 Å². The van der Waals surface area contributed by atoms with E-state index in [1.54, 1.807) is 0 Å². The lowest BCUT2D eigenvalue weighted by molar-refractivity contribution is -0.0101. The van der Waals surface area contributed by atoms with Gasteiger partial charge in [-0.05, 0) is 25.3 Å². The highest BCUT2D eigenvalue weighted by Crippen LogP contribution is 2.41. The predicted octanol–water partition coefficient (Wildman–Crippen LogP) is 2.55. The van der Waals surface area contributed by atoms with Crippen molar-refractivity contribution < 1.29 is 8.91 Å². The number of halogens is 1. The molecule has 2 aromatic rings. The number of hydrogen-bond acceptors (Lipinski definition) is 5. The van der Waals surface area contributed by atoms with Crippen LogP contribution in [0.1, 0.15) is 36.6 Å². The SMILES string of the molecule is Fc1cc(N2CC3CC(C2)N3Cc2cc(C3CC3)on2)ccn1. The summed E-state index contributed by atoms with van der Waals surface area (Å²) in [7, 11) is 0. The Kier molecular flexibility index (Phi) is 2.95. The Morgan fingerprint density at radius 1 is 1.22 bits per heavy atom. The van der Waals surface area contributed by atoms with Crippen LogP contribution >= 0.6 is 0 Å². The first-order chi connectivity index (χ1) is 11.3. The van der Waals surface area contributed by atoms with Crippen LogP contribution < -0.4 is 4.90 Å². The van der Waals surface area contributed by atoms with Gasteiger partial charge in [0, 0.05) is 61.7 Å². The molecule has 4 fully saturated rings. The number of aromatic nitrogens is 2. The van der Waals surface area contributed by atoms with E-state index in [4.69, 9.17) is 4.52 Å². The average molecular weight is 314 g/mol. The summed E-state index contributed by atoms with van der Waals surface area (Å²) < 4.78 is 18.7. The molecule has 5 heterocycles. The number of fused-ring (bicyclic) bond motifs is 2. The number of piperazine rings is 1. The number of hydrogen-bond donors (Lipinski definition) is 0. The van der Waals surface area contributed by atoms with Gasteiger partial charge in [0.15, 0.2) is 0 Å². The summed E-state index contributed by atoms with van der Waals surface area (Å²) in [6, 6.07) is 6.57. The van der Waals surface area contributed by atoms with Gasteiger partial charge in [-0.3, -0.25) is 4.90 Å². The minimum absolute atomic E-state index is 0.409. The third kappa shape index (κ3) is 2.41. The molecule has 3 saturated heterocycles. The lowest BCUT2D eigenvalue weighted by Gasteiger charge is -2.56. The molecular weight excluding hydrogens is 295 g/mol. The molecule has 23 heavy (non-hydrogen) atoms. The van der Waals surface area contributed by atoms with Crippen molar-refractivity contribution in [2.24, 2.45) is 0 Å². The van der Waals surface area contributed by atoms with Gasteiger partial charge in [-0.25, -0.2) is 4.98 Å². The van der Waals surface area contributed by atoms with Crippen LogP contribution in [-0.4, -0.2) is 40.2 Å². The highest BCUT2D eigenvalue weighted by atomic mass is 19.1. The summed E-state index contributed by atoms with van der Waals surface area (Å²) in [5.41, 5.74) is 1.98. The van der Waals surface area contributed by atoms with Gasteiger partial charge in [0.25, 0.3) is 0 Å². The molecule has 6 heteroatoms. The molecule has 0 aromatic carbocycles. The highest BCUT2D eigenvalue weighted by Gasteiger charge is 2.45. The molecular formula is C17H19FN4O. The van der Waals surface area contributed by atoms with E-state index in [0.717, 1.165) is 36.8 Å². The molecule has 6 rings (SSSR count). The van der Waals surface area contributed by atoms with Crippen LogP contribution in [0.3, 0.4) is 0 Å². The fourth-order valence-corrected chi connectivity index (χ4v) is 3.90. The van der Waals surface area contributed by atoms with Crippen LogP contribution in [-0.2, 0) is 6.54 Å². The van der Waals surface area contributed by atoms with E-state index in [-0.39, 0.29) is 0 Å². The van der Waals surface area contributed by atoms with Crippen molar-refractivity contribution in [3.05, 3.63) is 41.8 Å². The Morgan fingerprint density at radius 2 is 2.04 bits per heavy atom. The summed E-state index contributed by atoms with van der Waals surface area (Å²) in [6.45, 7) is 2.74. The average Bonchev–Trinajstić information content (AvgIpc) is 3.31. The van der Waals surface area contributed by atoms with Gasteiger partial charge in [0.1, 0.15) is 5.76 Å². The summed E-state index contributed by atoms with van der Waals surface area (Å²) in [5.74, 6) is 1.26. The number of nitrogens with zero attached hydrogens (tertiary/aromatic N) is 4. The standard InChI is InChI=1S/C17H19FN4O/c18-17-7-13(3-4-19-17)21-9-14-6-15(10-21)22(14)8-12-5-16(23-20-12)11-1-2-11/h3-5,7,11,14-15H,1-2,6,8-10H2. The summed E-state index contributed by atoms with van der Waals surface area (Å²) in [6.07, 6.45) is 5.23. The summed E-state index contributed by atoms with van der Waals surface area (Å²) in [5, 5.41) is 4.23. The molecule has 0 radical (unpaired) electrons. The zero-order valence-corrected chi connectivity index (χ0v) is 12.9. The van der Waals surface area contributed by atoms with Crippen LogP contribution in [0.5, 0.6) is 0 Å². The summed E-state index contributed by atoms with van der Waals surface area (Å²) in [4.78, 5) is 8.40. The van der Waals surface area contributed by atoms with Gasteiger partial charge in [0.05, 0.1) is 5.69 Å². The predicted molar refractivity (Wildman–Crippen MR) is 82.6 cm³/mol. The zero-order chi connectivity index (χ0) is 15.4. The molecule has 5 nitrogen and oxygen atoms in total. The van der Waals surface area contributed by atoms with E-state index >= 15 is 0 Å². The van der Waals surface area contributed by atoms with E-state index in [1.165, 1.54) is 31.5 Å². The van der Waals surface area contributed by atoms with Crippen molar-refractivity contribution in [2.75, 3.05) is 18.0 Å². The van der Waals surface area contributed by atoms with E-state index in [2.05, 4.69) is 26.0 Å². The van der Waals surface area contributed by atoms with Gasteiger partial charge >= 0.3 is 0 Å². The summed E-state index contributed by atoms with van der Waals surface area (Å²) >= 11 is 0. The van der Waals surface area contributed by atoms with Crippen molar-refractivity contribution in [2.45, 2.75) is 43.8 Å². The largest absolute Gasteiger partial charge is 0.368 e. The third-order valence-corrected chi connectivity index (χ3v) is 5.32. The topological polar surface area (TPSA) is 45.4 Å². The third-order valence-electron chi connectivity index (χ3n) is 5.32. The van der Waals surface area contributed by atoms with E-state index in [0.29, 0.717) is 18.0 Å². The Labute approximate surface area is 134 Å². The van der Waals surface area contributed by atoms with Gasteiger partial charge in [-0.15, -0.1) is 0 Å². The molecule has 0 N–H and O–H groups in total. The molecule has 2 aromatic heterocycles. The second kappa shape index (κ2) is 5.03. The second-order valence-corrected chi connectivity index (χ2v) is 6.95. The van der Waals surface area contributed by atoms with Gasteiger partial charge in [-0.2, -0.15) is 4.39 Å². The van der Waals surface area contributed by atoms with Crippen molar-refractivity contribution in [3.8, 4) is 0 Å². The maximum absolute atomic E-state index is 13.3. The minimum atomic E-state index is -0.409. The lowest BCUT2D eigenvalue weighted by Crippen LogP contribution is -2.68. The van der Waals surface area contributed by atoms with Gasteiger partial charge in [-0.1, -0.05) is 5.16 Å². The number of anilines is 1. The fourth-order valence-electron chi connectivity index (χ4n) is 3.90. The molecule has 1 saturated carbocycles. The molecule has 0 spiro atoms. The smallest absolute Gasteiger partial charge is 0.214 e. The Balaban J connectivity index is 1.25. The maximum atomic E-state index is 13.3. The first kappa shape index (κ1) is 13.5. The van der Waals surface area contributed by atoms with E-state index < -0.39 is 5.95 Å². The Morgan fingerprint density at radius 3 is 2.78 bits per heavy atom. The molecule has 2 bridgehead atoms. The van der Waals surface area contributed by atoms with Crippen LogP contribution in [0.25, 0.3) is 0 Å². The molecule has 2 atom stereocenters. The van der Waals surface area contributed by atoms with Crippen molar-refractivity contribution in [1.29, 1.82) is 0 Å². The maximum Gasteiger partial charge on any atom is 0.214 e. The first-order valence-corrected chi connectivity index (χ1v) is 8.34. The van der Waals surface area contributed by atoms with Gasteiger partial charge in [0.2, 0.25) is 5.95 Å². The molecule has 3 aliphatic heterocycles. The molecule has 4 aliphatic rings. The van der Waals surface area contributed by atoms with Crippen LogP contribution in [0.2, 0.25) is 0 Å². The molecule has 2 unspecified atom stereocenters. The molecule has 120 valence electrons.